The van der Waals surface area contributed by atoms with Crippen LogP contribution in [0.4, 0.5) is 0 Å². The molecule has 0 aromatic carbocycles. The molecule has 1 saturated heterocycles. The van der Waals surface area contributed by atoms with E-state index in [-0.39, 0.29) is 36.5 Å². The SMILES string of the molecule is CC(NC(=O)[C@H]1NCCO[C@@H]1C)c1cnn(C)c1.Cl. The molecule has 6 nitrogen and oxygen atoms in total. The third-order valence-electron chi connectivity index (χ3n) is 3.18. The van der Waals surface area contributed by atoms with Gasteiger partial charge >= 0.3 is 0 Å². The standard InChI is InChI=1S/C12H20N4O2.ClH/c1-8(10-6-14-16(3)7-10)15-12(17)11-9(2)18-5-4-13-11;/h6-9,11,13H,4-5H2,1-3H3,(H,15,17);1H/t8?,9-,11+;/m1./s1. The molecule has 0 radical (unpaired) electrons. The summed E-state index contributed by atoms with van der Waals surface area (Å²) in [6, 6.07) is -0.333. The highest BCUT2D eigenvalue weighted by molar-refractivity contribution is 5.85. The number of rotatable bonds is 3. The maximum atomic E-state index is 12.1. The lowest BCUT2D eigenvalue weighted by molar-refractivity contribution is -0.129. The monoisotopic (exact) mass is 288 g/mol. The molecule has 1 aromatic heterocycles. The Balaban J connectivity index is 0.00000180. The summed E-state index contributed by atoms with van der Waals surface area (Å²) < 4.78 is 7.19. The van der Waals surface area contributed by atoms with Crippen LogP contribution in [0.3, 0.4) is 0 Å². The average molecular weight is 289 g/mol. The first kappa shape index (κ1) is 15.9. The van der Waals surface area contributed by atoms with E-state index in [1.54, 1.807) is 10.9 Å². The third kappa shape index (κ3) is 3.92. The predicted molar refractivity (Wildman–Crippen MR) is 74.2 cm³/mol. The minimum absolute atomic E-state index is 0. The van der Waals surface area contributed by atoms with Crippen LogP contribution in [0.15, 0.2) is 12.4 Å². The second-order valence-electron chi connectivity index (χ2n) is 4.69. The van der Waals surface area contributed by atoms with Gasteiger partial charge in [0.2, 0.25) is 5.91 Å². The largest absolute Gasteiger partial charge is 0.375 e. The molecule has 0 aliphatic carbocycles. The lowest BCUT2D eigenvalue weighted by Crippen LogP contribution is -2.55. The van der Waals surface area contributed by atoms with Crippen molar-refractivity contribution in [3.8, 4) is 0 Å². The zero-order valence-electron chi connectivity index (χ0n) is 11.4. The second kappa shape index (κ2) is 6.88. The van der Waals surface area contributed by atoms with E-state index in [9.17, 15) is 4.79 Å². The van der Waals surface area contributed by atoms with Gasteiger partial charge in [0.05, 0.1) is 24.9 Å². The molecule has 3 atom stereocenters. The maximum Gasteiger partial charge on any atom is 0.240 e. The minimum atomic E-state index is -0.280. The fourth-order valence-electron chi connectivity index (χ4n) is 2.08. The van der Waals surface area contributed by atoms with Gasteiger partial charge in [-0.3, -0.25) is 9.48 Å². The summed E-state index contributed by atoms with van der Waals surface area (Å²) in [5.74, 6) is -0.0291. The average Bonchev–Trinajstić information content (AvgIpc) is 2.76. The van der Waals surface area contributed by atoms with E-state index in [0.29, 0.717) is 13.2 Å². The van der Waals surface area contributed by atoms with Crippen LogP contribution in [0, 0.1) is 0 Å². The normalized spacial score (nSPS) is 24.4. The molecule has 2 rings (SSSR count). The number of carbonyl (C=O) groups is 1. The molecule has 1 aliphatic heterocycles. The quantitative estimate of drug-likeness (QED) is 0.845. The summed E-state index contributed by atoms with van der Waals surface area (Å²) in [6.07, 6.45) is 3.57. The van der Waals surface area contributed by atoms with Crippen molar-refractivity contribution in [1.82, 2.24) is 20.4 Å². The molecule has 0 spiro atoms. The smallest absolute Gasteiger partial charge is 0.240 e. The van der Waals surface area contributed by atoms with Crippen LogP contribution in [-0.2, 0) is 16.6 Å². The Morgan fingerprint density at radius 1 is 1.68 bits per heavy atom. The first-order chi connectivity index (χ1) is 8.58. The van der Waals surface area contributed by atoms with Crippen molar-refractivity contribution in [2.75, 3.05) is 13.2 Å². The van der Waals surface area contributed by atoms with Gasteiger partial charge in [-0.25, -0.2) is 0 Å². The van der Waals surface area contributed by atoms with E-state index in [1.165, 1.54) is 0 Å². The first-order valence-corrected chi connectivity index (χ1v) is 6.22. The van der Waals surface area contributed by atoms with Gasteiger partial charge in [-0.05, 0) is 13.8 Å². The van der Waals surface area contributed by atoms with Gasteiger partial charge in [-0.15, -0.1) is 12.4 Å². The van der Waals surface area contributed by atoms with Gasteiger partial charge in [-0.1, -0.05) is 0 Å². The van der Waals surface area contributed by atoms with E-state index >= 15 is 0 Å². The predicted octanol–water partition coefficient (Wildman–Crippen LogP) is 0.396. The number of aromatic nitrogens is 2. The number of nitrogens with zero attached hydrogens (tertiary/aromatic N) is 2. The van der Waals surface area contributed by atoms with E-state index in [2.05, 4.69) is 15.7 Å². The third-order valence-corrected chi connectivity index (χ3v) is 3.18. The van der Waals surface area contributed by atoms with Crippen LogP contribution in [0.5, 0.6) is 0 Å². The Kier molecular flexibility index (Phi) is 5.78. The number of halogens is 1. The van der Waals surface area contributed by atoms with Crippen LogP contribution >= 0.6 is 12.4 Å². The highest BCUT2D eigenvalue weighted by Crippen LogP contribution is 2.12. The number of morpholine rings is 1. The van der Waals surface area contributed by atoms with Crippen molar-refractivity contribution in [3.05, 3.63) is 18.0 Å². The molecule has 0 bridgehead atoms. The Bertz CT molecular complexity index is 424. The summed E-state index contributed by atoms with van der Waals surface area (Å²) >= 11 is 0. The summed E-state index contributed by atoms with van der Waals surface area (Å²) in [5.41, 5.74) is 0.996. The van der Waals surface area contributed by atoms with Crippen molar-refractivity contribution < 1.29 is 9.53 Å². The van der Waals surface area contributed by atoms with Crippen molar-refractivity contribution in [1.29, 1.82) is 0 Å². The Labute approximate surface area is 119 Å². The van der Waals surface area contributed by atoms with Crippen LogP contribution < -0.4 is 10.6 Å². The number of hydrogen-bond donors (Lipinski definition) is 2. The fraction of sp³-hybridized carbons (Fsp3) is 0.667. The van der Waals surface area contributed by atoms with Gasteiger partial charge in [0, 0.05) is 25.4 Å². The Morgan fingerprint density at radius 2 is 2.42 bits per heavy atom. The Morgan fingerprint density at radius 3 is 3.00 bits per heavy atom. The molecule has 2 heterocycles. The number of aryl methyl sites for hydroxylation is 1. The molecule has 1 fully saturated rings. The van der Waals surface area contributed by atoms with Gasteiger partial charge in [-0.2, -0.15) is 5.10 Å². The molecular formula is C12H21ClN4O2. The van der Waals surface area contributed by atoms with E-state index in [4.69, 9.17) is 4.74 Å². The molecule has 19 heavy (non-hydrogen) atoms. The number of amides is 1. The van der Waals surface area contributed by atoms with Gasteiger partial charge < -0.3 is 15.4 Å². The van der Waals surface area contributed by atoms with Gasteiger partial charge in [0.15, 0.2) is 0 Å². The summed E-state index contributed by atoms with van der Waals surface area (Å²) in [6.45, 7) is 5.22. The number of carbonyl (C=O) groups excluding carboxylic acids is 1. The van der Waals surface area contributed by atoms with Crippen LogP contribution in [0.25, 0.3) is 0 Å². The van der Waals surface area contributed by atoms with Crippen LogP contribution in [0.2, 0.25) is 0 Å². The van der Waals surface area contributed by atoms with Crippen LogP contribution in [0.1, 0.15) is 25.5 Å². The summed E-state index contributed by atoms with van der Waals surface area (Å²) in [5, 5.41) is 10.2. The highest BCUT2D eigenvalue weighted by atomic mass is 35.5. The molecule has 1 aromatic rings. The van der Waals surface area contributed by atoms with Crippen molar-refractivity contribution >= 4 is 18.3 Å². The molecule has 1 unspecified atom stereocenters. The van der Waals surface area contributed by atoms with E-state index in [1.807, 2.05) is 27.1 Å². The maximum absolute atomic E-state index is 12.1. The van der Waals surface area contributed by atoms with Gasteiger partial charge in [0.1, 0.15) is 6.04 Å². The first-order valence-electron chi connectivity index (χ1n) is 6.22. The van der Waals surface area contributed by atoms with E-state index in [0.717, 1.165) is 5.56 Å². The highest BCUT2D eigenvalue weighted by Gasteiger charge is 2.29. The lowest BCUT2D eigenvalue weighted by atomic mass is 10.1. The van der Waals surface area contributed by atoms with E-state index < -0.39 is 0 Å². The lowest BCUT2D eigenvalue weighted by Gasteiger charge is -2.30. The Hall–Kier alpha value is -1.11. The minimum Gasteiger partial charge on any atom is -0.375 e. The fourth-order valence-corrected chi connectivity index (χ4v) is 2.08. The topological polar surface area (TPSA) is 68.2 Å². The van der Waals surface area contributed by atoms with Crippen molar-refractivity contribution in [3.63, 3.8) is 0 Å². The molecule has 7 heteroatoms. The second-order valence-corrected chi connectivity index (χ2v) is 4.69. The molecule has 1 aliphatic rings. The molecule has 1 amide bonds. The zero-order chi connectivity index (χ0) is 13.1. The number of hydrogen-bond acceptors (Lipinski definition) is 4. The van der Waals surface area contributed by atoms with Gasteiger partial charge in [0.25, 0.3) is 0 Å². The molecular weight excluding hydrogens is 268 g/mol. The van der Waals surface area contributed by atoms with Crippen LogP contribution in [-0.4, -0.2) is 41.0 Å². The molecule has 108 valence electrons. The summed E-state index contributed by atoms with van der Waals surface area (Å²) in [7, 11) is 1.86. The zero-order valence-corrected chi connectivity index (χ0v) is 12.2. The number of ether oxygens (including phenoxy) is 1. The van der Waals surface area contributed by atoms with Crippen molar-refractivity contribution in [2.45, 2.75) is 32.0 Å². The summed E-state index contributed by atoms with van der Waals surface area (Å²) in [4.78, 5) is 12.1. The molecule has 0 saturated carbocycles. The molecule has 2 N–H and O–H groups in total. The van der Waals surface area contributed by atoms with Crippen molar-refractivity contribution in [2.24, 2.45) is 7.05 Å². The number of nitrogens with one attached hydrogen (secondary N) is 2.